The van der Waals surface area contributed by atoms with Crippen molar-refractivity contribution in [1.82, 2.24) is 0 Å². The van der Waals surface area contributed by atoms with Crippen LogP contribution >= 0.6 is 35.0 Å². The summed E-state index contributed by atoms with van der Waals surface area (Å²) in [4.78, 5) is 29.8. The van der Waals surface area contributed by atoms with E-state index in [0.717, 1.165) is 16.7 Å². The number of carbonyl (C=O) groups excluding carboxylic acids is 2. The number of nitrogens with zero attached hydrogens (tertiary/aromatic N) is 2. The maximum absolute atomic E-state index is 14.3. The minimum absolute atomic E-state index is 0.0351. The minimum Gasteiger partial charge on any atom is -0.369 e. The quantitative estimate of drug-likeness (QED) is 0.716. The van der Waals surface area contributed by atoms with Crippen LogP contribution in [0.2, 0.25) is 10.0 Å². The Morgan fingerprint density at radius 1 is 1.25 bits per heavy atom. The summed E-state index contributed by atoms with van der Waals surface area (Å²) in [6, 6.07) is 10.7. The van der Waals surface area contributed by atoms with Crippen LogP contribution in [0.3, 0.4) is 0 Å². The molecule has 2 N–H and O–H groups in total. The number of thioether (sulfide) groups is 1. The van der Waals surface area contributed by atoms with Gasteiger partial charge in [-0.05, 0) is 42.8 Å². The summed E-state index contributed by atoms with van der Waals surface area (Å²) in [5.41, 5.74) is 6.02. The second kappa shape index (κ2) is 8.34. The van der Waals surface area contributed by atoms with E-state index in [0.29, 0.717) is 15.6 Å². The lowest BCUT2D eigenvalue weighted by Gasteiger charge is -2.19. The number of carbonyl (C=O) groups is 2. The van der Waals surface area contributed by atoms with E-state index in [1.165, 1.54) is 24.3 Å². The molecule has 3 rings (SSSR count). The van der Waals surface area contributed by atoms with E-state index in [9.17, 15) is 14.0 Å². The van der Waals surface area contributed by atoms with E-state index < -0.39 is 22.9 Å². The minimum atomic E-state index is -0.662. The standard InChI is InChI=1S/C19H14Cl2FN3O2S/c1-10(17(23)26)28-19-24-15(9-11-6-7-12(20)13(21)8-11)18(27)25(19)16-5-3-2-4-14(16)22/h2-10H,1H3,(H2,23,26)/b15-9+/t10-/m0/s1. The van der Waals surface area contributed by atoms with Crippen molar-refractivity contribution in [3.05, 3.63) is 69.6 Å². The summed E-state index contributed by atoms with van der Waals surface area (Å²) in [6.07, 6.45) is 1.51. The average molecular weight is 438 g/mol. The molecule has 0 saturated heterocycles. The number of rotatable bonds is 4. The Morgan fingerprint density at radius 2 is 1.96 bits per heavy atom. The third kappa shape index (κ3) is 4.22. The summed E-state index contributed by atoms with van der Waals surface area (Å²) in [6.45, 7) is 1.58. The largest absolute Gasteiger partial charge is 0.369 e. The molecular formula is C19H14Cl2FN3O2S. The number of para-hydroxylation sites is 1. The smallest absolute Gasteiger partial charge is 0.283 e. The van der Waals surface area contributed by atoms with Gasteiger partial charge in [0.05, 0.1) is 21.0 Å². The molecular weight excluding hydrogens is 424 g/mol. The normalized spacial score (nSPS) is 16.4. The van der Waals surface area contributed by atoms with E-state index in [4.69, 9.17) is 28.9 Å². The molecule has 2 aromatic rings. The fourth-order valence-electron chi connectivity index (χ4n) is 2.40. The second-order valence-corrected chi connectivity index (χ2v) is 7.97. The number of benzene rings is 2. The summed E-state index contributed by atoms with van der Waals surface area (Å²) in [7, 11) is 0. The lowest BCUT2D eigenvalue weighted by atomic mass is 10.2. The average Bonchev–Trinajstić information content (AvgIpc) is 2.94. The van der Waals surface area contributed by atoms with Gasteiger partial charge in [-0.3, -0.25) is 14.5 Å². The third-order valence-electron chi connectivity index (χ3n) is 3.85. The van der Waals surface area contributed by atoms with Crippen molar-refractivity contribution in [1.29, 1.82) is 0 Å². The van der Waals surface area contributed by atoms with Gasteiger partial charge in [0.2, 0.25) is 5.91 Å². The van der Waals surface area contributed by atoms with Crippen LogP contribution in [0.1, 0.15) is 12.5 Å². The Hall–Kier alpha value is -2.35. The van der Waals surface area contributed by atoms with Crippen molar-refractivity contribution >= 4 is 63.7 Å². The first-order chi connectivity index (χ1) is 13.3. The van der Waals surface area contributed by atoms with Crippen LogP contribution in [0.25, 0.3) is 6.08 Å². The predicted molar refractivity (Wildman–Crippen MR) is 112 cm³/mol. The van der Waals surface area contributed by atoms with Gasteiger partial charge in [0.15, 0.2) is 5.17 Å². The lowest BCUT2D eigenvalue weighted by Crippen LogP contribution is -2.34. The highest BCUT2D eigenvalue weighted by molar-refractivity contribution is 8.15. The number of nitrogens with two attached hydrogens (primary N) is 1. The van der Waals surface area contributed by atoms with Gasteiger partial charge in [0, 0.05) is 0 Å². The molecule has 1 atom stereocenters. The van der Waals surface area contributed by atoms with E-state index in [-0.39, 0.29) is 16.6 Å². The second-order valence-electron chi connectivity index (χ2n) is 5.85. The summed E-state index contributed by atoms with van der Waals surface area (Å²) >= 11 is 12.9. The Morgan fingerprint density at radius 3 is 2.61 bits per heavy atom. The zero-order valence-corrected chi connectivity index (χ0v) is 16.9. The number of hydrogen-bond donors (Lipinski definition) is 1. The van der Waals surface area contributed by atoms with Crippen LogP contribution in [0.4, 0.5) is 10.1 Å². The number of anilines is 1. The molecule has 0 saturated carbocycles. The van der Waals surface area contributed by atoms with E-state index in [1.54, 1.807) is 31.2 Å². The molecule has 0 aromatic heterocycles. The molecule has 5 nitrogen and oxygen atoms in total. The lowest BCUT2D eigenvalue weighted by molar-refractivity contribution is -0.117. The molecule has 0 unspecified atom stereocenters. The molecule has 0 fully saturated rings. The molecule has 1 aliphatic rings. The first kappa shape index (κ1) is 20.4. The SMILES string of the molecule is C[C@H](SC1=N/C(=C/c2ccc(Cl)c(Cl)c2)C(=O)N1c1ccccc1F)C(N)=O. The molecule has 0 spiro atoms. The molecule has 28 heavy (non-hydrogen) atoms. The summed E-state index contributed by atoms with van der Waals surface area (Å²) in [5.74, 6) is -1.70. The van der Waals surface area contributed by atoms with Gasteiger partial charge in [0.1, 0.15) is 11.5 Å². The van der Waals surface area contributed by atoms with Crippen LogP contribution in [-0.4, -0.2) is 22.2 Å². The fourth-order valence-corrected chi connectivity index (χ4v) is 3.57. The molecule has 1 heterocycles. The molecule has 0 bridgehead atoms. The zero-order valence-electron chi connectivity index (χ0n) is 14.5. The number of halogens is 3. The Balaban J connectivity index is 2.05. The molecule has 2 amide bonds. The van der Waals surface area contributed by atoms with E-state index in [2.05, 4.69) is 4.99 Å². The highest BCUT2D eigenvalue weighted by Crippen LogP contribution is 2.33. The highest BCUT2D eigenvalue weighted by atomic mass is 35.5. The Labute approximate surface area is 175 Å². The van der Waals surface area contributed by atoms with Gasteiger partial charge >= 0.3 is 0 Å². The van der Waals surface area contributed by atoms with Crippen LogP contribution in [0.15, 0.2) is 53.2 Å². The van der Waals surface area contributed by atoms with Gasteiger partial charge in [-0.25, -0.2) is 9.38 Å². The van der Waals surface area contributed by atoms with Gasteiger partial charge in [-0.1, -0.05) is 53.2 Å². The Kier molecular flexibility index (Phi) is 6.07. The highest BCUT2D eigenvalue weighted by Gasteiger charge is 2.35. The molecule has 0 aliphatic carbocycles. The van der Waals surface area contributed by atoms with E-state index in [1.807, 2.05) is 0 Å². The number of hydrogen-bond acceptors (Lipinski definition) is 4. The first-order valence-corrected chi connectivity index (χ1v) is 9.72. The molecule has 1 aliphatic heterocycles. The van der Waals surface area contributed by atoms with Gasteiger partial charge < -0.3 is 5.73 Å². The fraction of sp³-hybridized carbons (Fsp3) is 0.105. The van der Waals surface area contributed by atoms with Crippen molar-refractivity contribution < 1.29 is 14.0 Å². The van der Waals surface area contributed by atoms with Crippen molar-refractivity contribution in [2.45, 2.75) is 12.2 Å². The number of amides is 2. The van der Waals surface area contributed by atoms with Crippen molar-refractivity contribution in [2.75, 3.05) is 4.90 Å². The third-order valence-corrected chi connectivity index (χ3v) is 5.66. The molecule has 0 radical (unpaired) electrons. The van der Waals surface area contributed by atoms with Gasteiger partial charge in [-0.15, -0.1) is 0 Å². The molecule has 2 aromatic carbocycles. The topological polar surface area (TPSA) is 75.8 Å². The van der Waals surface area contributed by atoms with E-state index >= 15 is 0 Å². The Bertz CT molecular complexity index is 1030. The van der Waals surface area contributed by atoms with Gasteiger partial charge in [0.25, 0.3) is 5.91 Å². The molecule has 9 heteroatoms. The van der Waals surface area contributed by atoms with Crippen molar-refractivity contribution in [3.63, 3.8) is 0 Å². The maximum Gasteiger partial charge on any atom is 0.283 e. The zero-order chi connectivity index (χ0) is 20.4. The van der Waals surface area contributed by atoms with Crippen LogP contribution in [0.5, 0.6) is 0 Å². The first-order valence-electron chi connectivity index (χ1n) is 8.08. The van der Waals surface area contributed by atoms with Crippen LogP contribution in [-0.2, 0) is 9.59 Å². The van der Waals surface area contributed by atoms with Crippen molar-refractivity contribution in [3.8, 4) is 0 Å². The van der Waals surface area contributed by atoms with Gasteiger partial charge in [-0.2, -0.15) is 0 Å². The van der Waals surface area contributed by atoms with Crippen LogP contribution in [0, 0.1) is 5.82 Å². The predicted octanol–water partition coefficient (Wildman–Crippen LogP) is 4.48. The van der Waals surface area contributed by atoms with Crippen LogP contribution < -0.4 is 10.6 Å². The summed E-state index contributed by atoms with van der Waals surface area (Å²) in [5, 5.41) is 0.204. The van der Waals surface area contributed by atoms with Crippen molar-refractivity contribution in [2.24, 2.45) is 10.7 Å². The summed E-state index contributed by atoms with van der Waals surface area (Å²) < 4.78 is 14.3. The molecule has 144 valence electrons. The monoisotopic (exact) mass is 437 g/mol. The number of primary amides is 1. The number of amidine groups is 1. The number of aliphatic imine (C=N–C) groups is 1. The maximum atomic E-state index is 14.3.